The molecule has 3 heterocycles. The van der Waals surface area contributed by atoms with Crippen LogP contribution in [-0.2, 0) is 17.9 Å². The Hall–Kier alpha value is -2.91. The smallest absolute Gasteiger partial charge is 0.324 e. The highest BCUT2D eigenvalue weighted by Crippen LogP contribution is 2.18. The van der Waals surface area contributed by atoms with Crippen molar-refractivity contribution >= 4 is 50.5 Å². The summed E-state index contributed by atoms with van der Waals surface area (Å²) in [5.41, 5.74) is 0.420. The molecule has 29 heavy (non-hydrogen) atoms. The van der Waals surface area contributed by atoms with Gasteiger partial charge in [0.05, 0.1) is 5.52 Å². The number of hydrogen-bond donors (Lipinski definition) is 1. The summed E-state index contributed by atoms with van der Waals surface area (Å²) in [6.45, 7) is 4.11. The number of nitrogens with zero attached hydrogens (tertiary/aromatic N) is 4. The summed E-state index contributed by atoms with van der Waals surface area (Å²) in [7, 11) is 0. The van der Waals surface area contributed by atoms with Gasteiger partial charge in [0.25, 0.3) is 5.56 Å². The molecular formula is C19H18ClN5O3S. The van der Waals surface area contributed by atoms with E-state index in [9.17, 15) is 14.4 Å². The molecule has 4 aromatic rings. The third kappa shape index (κ3) is 3.58. The minimum atomic E-state index is -0.466. The van der Waals surface area contributed by atoms with Gasteiger partial charge < -0.3 is 5.32 Å². The Morgan fingerprint density at radius 3 is 2.62 bits per heavy atom. The van der Waals surface area contributed by atoms with E-state index in [-0.39, 0.29) is 23.8 Å². The maximum Gasteiger partial charge on any atom is 0.352 e. The highest BCUT2D eigenvalue weighted by atomic mass is 35.5. The van der Waals surface area contributed by atoms with Crippen molar-refractivity contribution in [1.82, 2.24) is 18.7 Å². The molecular weight excluding hydrogens is 414 g/mol. The third-order valence-corrected chi connectivity index (χ3v) is 5.50. The summed E-state index contributed by atoms with van der Waals surface area (Å²) >= 11 is 7.13. The van der Waals surface area contributed by atoms with E-state index in [1.807, 2.05) is 13.8 Å². The number of halogens is 1. The van der Waals surface area contributed by atoms with Crippen molar-refractivity contribution in [3.8, 4) is 0 Å². The lowest BCUT2D eigenvalue weighted by molar-refractivity contribution is -0.117. The van der Waals surface area contributed by atoms with Gasteiger partial charge in [0.2, 0.25) is 11.7 Å². The van der Waals surface area contributed by atoms with Crippen LogP contribution in [0, 0.1) is 5.92 Å². The van der Waals surface area contributed by atoms with Crippen molar-refractivity contribution in [2.24, 2.45) is 5.92 Å². The molecule has 0 atom stereocenters. The first-order valence-electron chi connectivity index (χ1n) is 9.00. The van der Waals surface area contributed by atoms with Crippen LogP contribution in [0.2, 0.25) is 5.02 Å². The van der Waals surface area contributed by atoms with Crippen molar-refractivity contribution in [3.05, 3.63) is 61.6 Å². The lowest BCUT2D eigenvalue weighted by Crippen LogP contribution is -2.29. The summed E-state index contributed by atoms with van der Waals surface area (Å²) in [4.78, 5) is 38.3. The lowest BCUT2D eigenvalue weighted by atomic mass is 10.2. The average molecular weight is 432 g/mol. The molecule has 0 bridgehead atoms. The molecule has 0 fully saturated rings. The van der Waals surface area contributed by atoms with Gasteiger partial charge >= 0.3 is 5.69 Å². The van der Waals surface area contributed by atoms with Crippen molar-refractivity contribution in [1.29, 1.82) is 0 Å². The summed E-state index contributed by atoms with van der Waals surface area (Å²) in [5.74, 6) is 0.0124. The number of carbonyl (C=O) groups is 1. The van der Waals surface area contributed by atoms with Crippen LogP contribution in [0.25, 0.3) is 16.0 Å². The van der Waals surface area contributed by atoms with Crippen LogP contribution in [-0.4, -0.2) is 24.7 Å². The Labute approximate surface area is 174 Å². The summed E-state index contributed by atoms with van der Waals surface area (Å²) in [5, 5.41) is 9.33. The van der Waals surface area contributed by atoms with Gasteiger partial charge in [0.1, 0.15) is 11.2 Å². The van der Waals surface area contributed by atoms with E-state index in [0.29, 0.717) is 27.5 Å². The zero-order valence-electron chi connectivity index (χ0n) is 15.8. The molecule has 8 nitrogen and oxygen atoms in total. The van der Waals surface area contributed by atoms with Gasteiger partial charge in [-0.3, -0.25) is 14.2 Å². The number of thiophene rings is 1. The Balaban J connectivity index is 1.77. The van der Waals surface area contributed by atoms with Gasteiger partial charge in [0.15, 0.2) is 0 Å². The molecule has 0 radical (unpaired) electrons. The molecule has 0 aliphatic rings. The van der Waals surface area contributed by atoms with Gasteiger partial charge in [-0.1, -0.05) is 25.4 Å². The van der Waals surface area contributed by atoms with Crippen LogP contribution in [0.15, 0.2) is 45.3 Å². The van der Waals surface area contributed by atoms with E-state index in [4.69, 9.17) is 11.6 Å². The Kier molecular flexibility index (Phi) is 5.01. The van der Waals surface area contributed by atoms with Gasteiger partial charge in [-0.05, 0) is 41.6 Å². The first kappa shape index (κ1) is 19.4. The monoisotopic (exact) mass is 431 g/mol. The average Bonchev–Trinajstić information content (AvgIpc) is 3.26. The quantitative estimate of drug-likeness (QED) is 0.526. The molecule has 0 saturated carbocycles. The minimum Gasteiger partial charge on any atom is -0.324 e. The van der Waals surface area contributed by atoms with E-state index in [2.05, 4.69) is 10.4 Å². The maximum atomic E-state index is 13.0. The molecule has 4 rings (SSSR count). The molecule has 0 unspecified atom stereocenters. The first-order chi connectivity index (χ1) is 13.8. The fraction of sp³-hybridized carbons (Fsp3) is 0.263. The molecule has 3 aromatic heterocycles. The Morgan fingerprint density at radius 2 is 1.93 bits per heavy atom. The number of rotatable bonds is 5. The van der Waals surface area contributed by atoms with E-state index < -0.39 is 11.6 Å². The van der Waals surface area contributed by atoms with Crippen LogP contribution in [0.1, 0.15) is 13.8 Å². The number of aromatic nitrogens is 4. The SMILES string of the molecule is CC(C)Cn1c(=O)c2sccc2n2c(=O)n(CC(=O)Nc3ccc(Cl)cc3)nc12. The number of benzene rings is 1. The number of fused-ring (bicyclic) bond motifs is 3. The predicted molar refractivity (Wildman–Crippen MR) is 114 cm³/mol. The van der Waals surface area contributed by atoms with Crippen molar-refractivity contribution in [2.75, 3.05) is 5.32 Å². The van der Waals surface area contributed by atoms with Gasteiger partial charge in [-0.2, -0.15) is 0 Å². The summed E-state index contributed by atoms with van der Waals surface area (Å²) < 4.78 is 4.46. The number of anilines is 1. The molecule has 10 heteroatoms. The van der Waals surface area contributed by atoms with Gasteiger partial charge in [-0.25, -0.2) is 13.9 Å². The number of amides is 1. The van der Waals surface area contributed by atoms with Crippen LogP contribution in [0.5, 0.6) is 0 Å². The Morgan fingerprint density at radius 1 is 1.21 bits per heavy atom. The van der Waals surface area contributed by atoms with Crippen LogP contribution in [0.3, 0.4) is 0 Å². The van der Waals surface area contributed by atoms with Crippen molar-refractivity contribution in [2.45, 2.75) is 26.9 Å². The van der Waals surface area contributed by atoms with E-state index in [1.165, 1.54) is 20.3 Å². The molecule has 0 spiro atoms. The first-order valence-corrected chi connectivity index (χ1v) is 10.3. The topological polar surface area (TPSA) is 90.4 Å². The zero-order valence-corrected chi connectivity index (χ0v) is 17.3. The minimum absolute atomic E-state index is 0.182. The number of carbonyl (C=O) groups excluding carboxylic acids is 1. The molecule has 1 aromatic carbocycles. The number of hydrogen-bond acceptors (Lipinski definition) is 5. The highest BCUT2D eigenvalue weighted by molar-refractivity contribution is 7.17. The van der Waals surface area contributed by atoms with Gasteiger partial charge in [-0.15, -0.1) is 16.4 Å². The molecule has 0 aliphatic heterocycles. The lowest BCUT2D eigenvalue weighted by Gasteiger charge is -2.09. The van der Waals surface area contributed by atoms with E-state index >= 15 is 0 Å². The largest absolute Gasteiger partial charge is 0.352 e. The summed E-state index contributed by atoms with van der Waals surface area (Å²) in [6, 6.07) is 8.37. The second-order valence-electron chi connectivity index (χ2n) is 7.08. The predicted octanol–water partition coefficient (Wildman–Crippen LogP) is 2.82. The van der Waals surface area contributed by atoms with E-state index in [0.717, 1.165) is 4.68 Å². The molecule has 0 aliphatic carbocycles. The summed E-state index contributed by atoms with van der Waals surface area (Å²) in [6.07, 6.45) is 0. The van der Waals surface area contributed by atoms with Crippen LogP contribution in [0.4, 0.5) is 5.69 Å². The second-order valence-corrected chi connectivity index (χ2v) is 8.43. The third-order valence-electron chi connectivity index (χ3n) is 4.36. The van der Waals surface area contributed by atoms with Crippen molar-refractivity contribution < 1.29 is 4.79 Å². The fourth-order valence-corrected chi connectivity index (χ4v) is 4.09. The number of nitrogens with one attached hydrogen (secondary N) is 1. The van der Waals surface area contributed by atoms with Gasteiger partial charge in [0, 0.05) is 17.3 Å². The Bertz CT molecular complexity index is 1330. The van der Waals surface area contributed by atoms with E-state index in [1.54, 1.807) is 35.7 Å². The fourth-order valence-electron chi connectivity index (χ4n) is 3.14. The van der Waals surface area contributed by atoms with Crippen LogP contribution >= 0.6 is 22.9 Å². The molecule has 1 amide bonds. The normalized spacial score (nSPS) is 11.6. The maximum absolute atomic E-state index is 13.0. The molecule has 0 saturated heterocycles. The molecule has 1 N–H and O–H groups in total. The highest BCUT2D eigenvalue weighted by Gasteiger charge is 2.19. The van der Waals surface area contributed by atoms with Crippen LogP contribution < -0.4 is 16.6 Å². The standard InChI is InChI=1S/C19H18ClN5O3S/c1-11(2)9-23-17(27)16-14(7-8-29-16)25-18(23)22-24(19(25)28)10-15(26)21-13-5-3-12(20)4-6-13/h3-8,11H,9-10H2,1-2H3,(H,21,26). The van der Waals surface area contributed by atoms with Crippen molar-refractivity contribution in [3.63, 3.8) is 0 Å². The zero-order chi connectivity index (χ0) is 20.7. The molecule has 150 valence electrons. The second kappa shape index (κ2) is 7.49.